The first-order chi connectivity index (χ1) is 14.4. The molecule has 7 heteroatoms. The molecule has 0 saturated heterocycles. The summed E-state index contributed by atoms with van der Waals surface area (Å²) in [6.07, 6.45) is 3.46. The highest BCUT2D eigenvalue weighted by molar-refractivity contribution is 7.90. The molecule has 1 aromatic heterocycles. The second-order valence-corrected chi connectivity index (χ2v) is 8.77. The van der Waals surface area contributed by atoms with Crippen LogP contribution in [0.25, 0.3) is 0 Å². The Bertz CT molecular complexity index is 1130. The summed E-state index contributed by atoms with van der Waals surface area (Å²) in [5.74, 6) is -1.73. The average Bonchev–Trinajstić information content (AvgIpc) is 2.78. The molecule has 0 unspecified atom stereocenters. The quantitative estimate of drug-likeness (QED) is 0.563. The lowest BCUT2D eigenvalue weighted by Crippen LogP contribution is -2.35. The standard InChI is InChI=1S/C23H22N2O4S/c1-17(23(27)25-30(28,29)15-12-18-10-13-24-14-11-18)20-8-5-9-21(16-20)22(26)19-6-3-2-4-7-19/h2-11,13-14,16-17H,12,15H2,1H3,(H,25,27)/t17-/m1/s1. The van der Waals surface area contributed by atoms with E-state index < -0.39 is 21.8 Å². The molecule has 30 heavy (non-hydrogen) atoms. The predicted molar refractivity (Wildman–Crippen MR) is 115 cm³/mol. The van der Waals surface area contributed by atoms with Crippen molar-refractivity contribution in [3.63, 3.8) is 0 Å². The Balaban J connectivity index is 1.67. The minimum absolute atomic E-state index is 0.157. The van der Waals surface area contributed by atoms with Crippen LogP contribution < -0.4 is 4.72 Å². The largest absolute Gasteiger partial charge is 0.289 e. The van der Waals surface area contributed by atoms with Gasteiger partial charge in [0, 0.05) is 23.5 Å². The van der Waals surface area contributed by atoms with Gasteiger partial charge < -0.3 is 0 Å². The van der Waals surface area contributed by atoms with Gasteiger partial charge in [-0.2, -0.15) is 0 Å². The number of carbonyl (C=O) groups excluding carboxylic acids is 2. The number of benzene rings is 2. The summed E-state index contributed by atoms with van der Waals surface area (Å²) in [5.41, 5.74) is 2.38. The summed E-state index contributed by atoms with van der Waals surface area (Å²) in [6.45, 7) is 1.61. The Morgan fingerprint density at radius 3 is 2.30 bits per heavy atom. The van der Waals surface area contributed by atoms with Crippen LogP contribution in [0, 0.1) is 0 Å². The Morgan fingerprint density at radius 2 is 1.60 bits per heavy atom. The highest BCUT2D eigenvalue weighted by Crippen LogP contribution is 2.19. The molecule has 3 rings (SSSR count). The van der Waals surface area contributed by atoms with Crippen LogP contribution >= 0.6 is 0 Å². The lowest BCUT2D eigenvalue weighted by Gasteiger charge is -2.14. The van der Waals surface area contributed by atoms with Crippen molar-refractivity contribution in [2.45, 2.75) is 19.3 Å². The molecule has 1 N–H and O–H groups in total. The molecule has 0 fully saturated rings. The fraction of sp³-hybridized carbons (Fsp3) is 0.174. The Morgan fingerprint density at radius 1 is 0.933 bits per heavy atom. The van der Waals surface area contributed by atoms with Gasteiger partial charge in [0.25, 0.3) is 0 Å². The zero-order valence-corrected chi connectivity index (χ0v) is 17.3. The van der Waals surface area contributed by atoms with Gasteiger partial charge in [-0.15, -0.1) is 0 Å². The van der Waals surface area contributed by atoms with Gasteiger partial charge in [-0.3, -0.25) is 19.3 Å². The highest BCUT2D eigenvalue weighted by atomic mass is 32.2. The van der Waals surface area contributed by atoms with E-state index in [1.54, 1.807) is 80.0 Å². The van der Waals surface area contributed by atoms with Crippen molar-refractivity contribution in [2.24, 2.45) is 0 Å². The van der Waals surface area contributed by atoms with E-state index in [0.717, 1.165) is 5.56 Å². The molecule has 0 bridgehead atoms. The van der Waals surface area contributed by atoms with Crippen molar-refractivity contribution in [3.8, 4) is 0 Å². The number of ketones is 1. The molecular weight excluding hydrogens is 400 g/mol. The minimum atomic E-state index is -3.79. The third-order valence-electron chi connectivity index (χ3n) is 4.74. The van der Waals surface area contributed by atoms with E-state index in [0.29, 0.717) is 16.7 Å². The number of nitrogens with one attached hydrogen (secondary N) is 1. The van der Waals surface area contributed by atoms with Crippen LogP contribution in [0.5, 0.6) is 0 Å². The van der Waals surface area contributed by atoms with Crippen molar-refractivity contribution in [1.82, 2.24) is 9.71 Å². The predicted octanol–water partition coefficient (Wildman–Crippen LogP) is 3.10. The van der Waals surface area contributed by atoms with Crippen molar-refractivity contribution in [3.05, 3.63) is 101 Å². The van der Waals surface area contributed by atoms with Crippen molar-refractivity contribution in [1.29, 1.82) is 0 Å². The van der Waals surface area contributed by atoms with E-state index in [1.165, 1.54) is 0 Å². The van der Waals surface area contributed by atoms with Gasteiger partial charge in [0.15, 0.2) is 5.78 Å². The van der Waals surface area contributed by atoms with Gasteiger partial charge >= 0.3 is 0 Å². The van der Waals surface area contributed by atoms with Gasteiger partial charge in [0.2, 0.25) is 15.9 Å². The molecule has 0 aliphatic heterocycles. The highest BCUT2D eigenvalue weighted by Gasteiger charge is 2.22. The number of amides is 1. The summed E-state index contributed by atoms with van der Waals surface area (Å²) < 4.78 is 26.8. The summed E-state index contributed by atoms with van der Waals surface area (Å²) in [5, 5.41) is 0. The molecule has 0 spiro atoms. The van der Waals surface area contributed by atoms with E-state index in [1.807, 2.05) is 6.07 Å². The number of sulfonamides is 1. The number of hydrogen-bond donors (Lipinski definition) is 1. The van der Waals surface area contributed by atoms with Crippen LogP contribution in [-0.4, -0.2) is 30.8 Å². The lowest BCUT2D eigenvalue weighted by atomic mass is 9.95. The van der Waals surface area contributed by atoms with Gasteiger partial charge in [-0.25, -0.2) is 8.42 Å². The maximum atomic E-state index is 12.6. The second-order valence-electron chi connectivity index (χ2n) is 6.93. The van der Waals surface area contributed by atoms with Crippen LogP contribution in [0.1, 0.15) is 39.9 Å². The topological polar surface area (TPSA) is 93.2 Å². The molecule has 0 saturated carbocycles. The average molecular weight is 423 g/mol. The van der Waals surface area contributed by atoms with E-state index in [9.17, 15) is 18.0 Å². The van der Waals surface area contributed by atoms with E-state index in [4.69, 9.17) is 0 Å². The Kier molecular flexibility index (Phi) is 6.74. The molecule has 154 valence electrons. The number of carbonyl (C=O) groups is 2. The number of aryl methyl sites for hydroxylation is 1. The zero-order chi connectivity index (χ0) is 21.6. The molecule has 2 aromatic carbocycles. The molecule has 1 amide bonds. The van der Waals surface area contributed by atoms with Gasteiger partial charge in [-0.1, -0.05) is 48.5 Å². The van der Waals surface area contributed by atoms with E-state index in [-0.39, 0.29) is 18.0 Å². The molecule has 0 aliphatic carbocycles. The normalized spacial score (nSPS) is 12.2. The zero-order valence-electron chi connectivity index (χ0n) is 16.5. The smallest absolute Gasteiger partial charge is 0.240 e. The molecule has 6 nitrogen and oxygen atoms in total. The van der Waals surface area contributed by atoms with Crippen molar-refractivity contribution < 1.29 is 18.0 Å². The number of hydrogen-bond acceptors (Lipinski definition) is 5. The summed E-state index contributed by atoms with van der Waals surface area (Å²) in [4.78, 5) is 29.1. The first kappa shape index (κ1) is 21.4. The summed E-state index contributed by atoms with van der Waals surface area (Å²) in [7, 11) is -3.79. The maximum Gasteiger partial charge on any atom is 0.240 e. The Labute approximate surface area is 176 Å². The number of rotatable bonds is 8. The molecule has 3 aromatic rings. The van der Waals surface area contributed by atoms with Crippen LogP contribution in [0.3, 0.4) is 0 Å². The van der Waals surface area contributed by atoms with Crippen molar-refractivity contribution in [2.75, 3.05) is 5.75 Å². The fourth-order valence-electron chi connectivity index (χ4n) is 2.95. The lowest BCUT2D eigenvalue weighted by molar-refractivity contribution is -0.120. The second kappa shape index (κ2) is 9.45. The monoisotopic (exact) mass is 422 g/mol. The molecule has 0 aliphatic rings. The third kappa shape index (κ3) is 5.61. The molecule has 1 heterocycles. The Hall–Kier alpha value is -3.32. The van der Waals surface area contributed by atoms with Gasteiger partial charge in [-0.05, 0) is 42.7 Å². The maximum absolute atomic E-state index is 12.6. The number of aromatic nitrogens is 1. The van der Waals surface area contributed by atoms with Crippen LogP contribution in [0.2, 0.25) is 0 Å². The van der Waals surface area contributed by atoms with Gasteiger partial charge in [0.1, 0.15) is 0 Å². The van der Waals surface area contributed by atoms with E-state index in [2.05, 4.69) is 9.71 Å². The van der Waals surface area contributed by atoms with Crippen LogP contribution in [0.4, 0.5) is 0 Å². The van der Waals surface area contributed by atoms with Crippen molar-refractivity contribution >= 4 is 21.7 Å². The molecule has 1 atom stereocenters. The first-order valence-electron chi connectivity index (χ1n) is 9.49. The third-order valence-corrected chi connectivity index (χ3v) is 6.00. The van der Waals surface area contributed by atoms with Crippen LogP contribution in [-0.2, 0) is 21.2 Å². The number of pyridine rings is 1. The minimum Gasteiger partial charge on any atom is -0.289 e. The first-order valence-corrected chi connectivity index (χ1v) is 11.1. The fourth-order valence-corrected chi connectivity index (χ4v) is 4.04. The van der Waals surface area contributed by atoms with Gasteiger partial charge in [0.05, 0.1) is 11.7 Å². The molecular formula is C23H22N2O4S. The SMILES string of the molecule is C[C@@H](C(=O)NS(=O)(=O)CCc1ccncc1)c1cccc(C(=O)c2ccccc2)c1. The summed E-state index contributed by atoms with van der Waals surface area (Å²) in [6, 6.07) is 19.0. The summed E-state index contributed by atoms with van der Waals surface area (Å²) >= 11 is 0. The molecule has 0 radical (unpaired) electrons. The van der Waals surface area contributed by atoms with Crippen LogP contribution in [0.15, 0.2) is 79.1 Å². The van der Waals surface area contributed by atoms with E-state index >= 15 is 0 Å². The number of nitrogens with zero attached hydrogens (tertiary/aromatic N) is 1.